The zero-order valence-corrected chi connectivity index (χ0v) is 10.4. The number of anilines is 1. The molecule has 6 nitrogen and oxygen atoms in total. The molecule has 0 bridgehead atoms. The molecule has 1 aromatic rings. The number of aliphatic hydroxyl groups excluding tert-OH is 1. The zero-order chi connectivity index (χ0) is 13.1. The Labute approximate surface area is 100 Å². The van der Waals surface area contributed by atoms with E-state index < -0.39 is 17.8 Å². The molecule has 0 spiro atoms. The molecule has 0 radical (unpaired) electrons. The Kier molecular flexibility index (Phi) is 4.01. The molecule has 1 heterocycles. The molecule has 0 aliphatic heterocycles. The van der Waals surface area contributed by atoms with Crippen molar-refractivity contribution in [3.05, 3.63) is 18.1 Å². The predicted octanol–water partition coefficient (Wildman–Crippen LogP) is 1.88. The van der Waals surface area contributed by atoms with Crippen LogP contribution in [0.1, 0.15) is 39.5 Å². The van der Waals surface area contributed by atoms with Crippen LogP contribution in [0.5, 0.6) is 0 Å². The summed E-state index contributed by atoms with van der Waals surface area (Å²) < 4.78 is 5.07. The molecule has 0 aromatic carbocycles. The van der Waals surface area contributed by atoms with Gasteiger partial charge < -0.3 is 9.84 Å². The smallest absolute Gasteiger partial charge is 0.413 e. The average molecular weight is 239 g/mol. The predicted molar refractivity (Wildman–Crippen MR) is 62.5 cm³/mol. The van der Waals surface area contributed by atoms with Crippen LogP contribution in [0.3, 0.4) is 0 Å². The first-order valence-corrected chi connectivity index (χ1v) is 5.28. The minimum absolute atomic E-state index is 0.296. The maximum Gasteiger partial charge on any atom is 0.413 e. The van der Waals surface area contributed by atoms with E-state index in [0.29, 0.717) is 11.5 Å². The average Bonchev–Trinajstić information content (AvgIpc) is 2.14. The van der Waals surface area contributed by atoms with E-state index >= 15 is 0 Å². The van der Waals surface area contributed by atoms with Crippen molar-refractivity contribution in [2.45, 2.75) is 39.4 Å². The Bertz CT molecular complexity index is 399. The second kappa shape index (κ2) is 5.09. The van der Waals surface area contributed by atoms with Crippen LogP contribution in [-0.2, 0) is 4.74 Å². The van der Waals surface area contributed by atoms with Gasteiger partial charge in [0.25, 0.3) is 0 Å². The summed E-state index contributed by atoms with van der Waals surface area (Å²) in [7, 11) is 0. The number of carbonyl (C=O) groups is 1. The van der Waals surface area contributed by atoms with Gasteiger partial charge in [0.15, 0.2) is 0 Å². The van der Waals surface area contributed by atoms with Crippen LogP contribution in [0, 0.1) is 0 Å². The van der Waals surface area contributed by atoms with Crippen LogP contribution in [0.15, 0.2) is 12.4 Å². The minimum Gasteiger partial charge on any atom is -0.444 e. The largest absolute Gasteiger partial charge is 0.444 e. The van der Waals surface area contributed by atoms with Crippen molar-refractivity contribution < 1.29 is 14.6 Å². The van der Waals surface area contributed by atoms with Crippen molar-refractivity contribution in [1.29, 1.82) is 0 Å². The number of hydrogen-bond acceptors (Lipinski definition) is 5. The maximum absolute atomic E-state index is 11.5. The molecule has 1 atom stereocenters. The van der Waals surface area contributed by atoms with Gasteiger partial charge in [0, 0.05) is 6.07 Å². The zero-order valence-electron chi connectivity index (χ0n) is 10.4. The Balaban J connectivity index is 2.69. The second-order valence-electron chi connectivity index (χ2n) is 4.63. The van der Waals surface area contributed by atoms with Gasteiger partial charge in [-0.3, -0.25) is 5.32 Å². The first-order valence-electron chi connectivity index (χ1n) is 5.28. The van der Waals surface area contributed by atoms with E-state index in [0.717, 1.165) is 0 Å². The van der Waals surface area contributed by atoms with Crippen molar-refractivity contribution in [3.8, 4) is 0 Å². The number of hydrogen-bond donors (Lipinski definition) is 2. The number of nitrogens with one attached hydrogen (secondary N) is 1. The molecule has 94 valence electrons. The molecule has 17 heavy (non-hydrogen) atoms. The van der Waals surface area contributed by atoms with Gasteiger partial charge in [-0.15, -0.1) is 0 Å². The van der Waals surface area contributed by atoms with E-state index in [1.54, 1.807) is 27.7 Å². The van der Waals surface area contributed by atoms with Gasteiger partial charge >= 0.3 is 6.09 Å². The quantitative estimate of drug-likeness (QED) is 0.823. The Morgan fingerprint density at radius 2 is 2.12 bits per heavy atom. The highest BCUT2D eigenvalue weighted by molar-refractivity contribution is 5.83. The SMILES string of the molecule is CC(O)c1cc(NC(=O)OC(C)(C)C)ncn1. The molecule has 1 amide bonds. The standard InChI is InChI=1S/C11H17N3O3/c1-7(15)8-5-9(13-6-12-8)14-10(16)17-11(2,3)4/h5-7,15H,1-4H3,(H,12,13,14,16). The van der Waals surface area contributed by atoms with Crippen LogP contribution in [0.2, 0.25) is 0 Å². The number of amides is 1. The highest BCUT2D eigenvalue weighted by Crippen LogP contribution is 2.13. The molecular formula is C11H17N3O3. The lowest BCUT2D eigenvalue weighted by atomic mass is 10.2. The number of aromatic nitrogens is 2. The molecule has 2 N–H and O–H groups in total. The molecular weight excluding hydrogens is 222 g/mol. The molecule has 0 aliphatic rings. The van der Waals surface area contributed by atoms with E-state index in [2.05, 4.69) is 15.3 Å². The summed E-state index contributed by atoms with van der Waals surface area (Å²) in [5.41, 5.74) is -0.129. The molecule has 1 rings (SSSR count). The van der Waals surface area contributed by atoms with Gasteiger partial charge in [-0.2, -0.15) is 0 Å². The van der Waals surface area contributed by atoms with Crippen LogP contribution in [-0.4, -0.2) is 26.8 Å². The number of ether oxygens (including phenoxy) is 1. The normalized spacial score (nSPS) is 13.0. The topological polar surface area (TPSA) is 84.3 Å². The third-order valence-corrected chi connectivity index (χ3v) is 1.75. The van der Waals surface area contributed by atoms with Gasteiger partial charge in [0.2, 0.25) is 0 Å². The summed E-state index contributed by atoms with van der Waals surface area (Å²) in [6.45, 7) is 6.90. The lowest BCUT2D eigenvalue weighted by molar-refractivity contribution is 0.0635. The second-order valence-corrected chi connectivity index (χ2v) is 4.63. The summed E-state index contributed by atoms with van der Waals surface area (Å²) in [6.07, 6.45) is -0.0284. The van der Waals surface area contributed by atoms with Crippen LogP contribution in [0.4, 0.5) is 10.6 Å². The van der Waals surface area contributed by atoms with Gasteiger partial charge in [-0.1, -0.05) is 0 Å². The molecule has 0 aliphatic carbocycles. The monoisotopic (exact) mass is 239 g/mol. The summed E-state index contributed by atoms with van der Waals surface area (Å²) in [5.74, 6) is 0.296. The number of carbonyl (C=O) groups excluding carboxylic acids is 1. The van der Waals surface area contributed by atoms with Crippen molar-refractivity contribution in [2.24, 2.45) is 0 Å². The summed E-state index contributed by atoms with van der Waals surface area (Å²) in [6, 6.07) is 1.49. The van der Waals surface area contributed by atoms with Crippen molar-refractivity contribution in [2.75, 3.05) is 5.32 Å². The first-order chi connectivity index (χ1) is 7.78. The fourth-order valence-electron chi connectivity index (χ4n) is 1.08. The Morgan fingerprint density at radius 3 is 2.65 bits per heavy atom. The number of nitrogens with zero attached hydrogens (tertiary/aromatic N) is 2. The van der Waals surface area contributed by atoms with E-state index in [-0.39, 0.29) is 0 Å². The molecule has 0 fully saturated rings. The van der Waals surface area contributed by atoms with Crippen LogP contribution in [0.25, 0.3) is 0 Å². The van der Waals surface area contributed by atoms with E-state index in [1.807, 2.05) is 0 Å². The van der Waals surface area contributed by atoms with Gasteiger partial charge in [0.1, 0.15) is 17.7 Å². The molecule has 1 unspecified atom stereocenters. The lowest BCUT2D eigenvalue weighted by Gasteiger charge is -2.19. The third-order valence-electron chi connectivity index (χ3n) is 1.75. The number of aliphatic hydroxyl groups is 1. The minimum atomic E-state index is -0.711. The van der Waals surface area contributed by atoms with Crippen LogP contribution >= 0.6 is 0 Å². The fraction of sp³-hybridized carbons (Fsp3) is 0.545. The van der Waals surface area contributed by atoms with Crippen molar-refractivity contribution >= 4 is 11.9 Å². The summed E-state index contributed by atoms with van der Waals surface area (Å²) in [4.78, 5) is 19.2. The third kappa shape index (κ3) is 4.78. The fourth-order valence-corrected chi connectivity index (χ4v) is 1.08. The highest BCUT2D eigenvalue weighted by atomic mass is 16.6. The van der Waals surface area contributed by atoms with Gasteiger partial charge in [-0.05, 0) is 27.7 Å². The van der Waals surface area contributed by atoms with E-state index in [4.69, 9.17) is 4.74 Å². The van der Waals surface area contributed by atoms with Gasteiger partial charge in [0.05, 0.1) is 11.8 Å². The Morgan fingerprint density at radius 1 is 1.47 bits per heavy atom. The summed E-state index contributed by atoms with van der Waals surface area (Å²) >= 11 is 0. The van der Waals surface area contributed by atoms with E-state index in [9.17, 15) is 9.90 Å². The summed E-state index contributed by atoms with van der Waals surface area (Å²) in [5, 5.41) is 11.8. The van der Waals surface area contributed by atoms with E-state index in [1.165, 1.54) is 12.4 Å². The molecule has 0 saturated carbocycles. The maximum atomic E-state index is 11.5. The molecule has 6 heteroatoms. The van der Waals surface area contributed by atoms with Crippen molar-refractivity contribution in [3.63, 3.8) is 0 Å². The van der Waals surface area contributed by atoms with Gasteiger partial charge in [-0.25, -0.2) is 14.8 Å². The molecule has 0 saturated heterocycles. The first kappa shape index (κ1) is 13.4. The highest BCUT2D eigenvalue weighted by Gasteiger charge is 2.16. The number of rotatable bonds is 2. The molecule has 1 aromatic heterocycles. The Hall–Kier alpha value is -1.69. The lowest BCUT2D eigenvalue weighted by Crippen LogP contribution is -2.27. The van der Waals surface area contributed by atoms with Crippen molar-refractivity contribution in [1.82, 2.24) is 9.97 Å². The van der Waals surface area contributed by atoms with Crippen LogP contribution < -0.4 is 5.32 Å².